The quantitative estimate of drug-likeness (QED) is 0.418. The van der Waals surface area contributed by atoms with Crippen LogP contribution in [0.1, 0.15) is 0 Å². The van der Waals surface area contributed by atoms with Gasteiger partial charge in [-0.05, 0) is 0 Å². The number of hydrogen-bond donors (Lipinski definition) is 0. The van der Waals surface area contributed by atoms with Gasteiger partial charge in [-0.3, -0.25) is 0 Å². The fourth-order valence-corrected chi connectivity index (χ4v) is 0. The van der Waals surface area contributed by atoms with E-state index in [1.165, 1.54) is 0 Å². The van der Waals surface area contributed by atoms with Crippen LogP contribution >= 0.6 is 0 Å². The molecule has 0 aromatic rings. The number of hydrogen-bond acceptors (Lipinski definition) is 4. The summed E-state index contributed by atoms with van der Waals surface area (Å²) in [6.07, 6.45) is 0. The first kappa shape index (κ1) is 23.6. The standard InChI is InChI=1S/FO4Si.3K/c1-5-6(2,3)4;;;/q-3;3*+1. The second-order valence-electron chi connectivity index (χ2n) is 0.577. The third kappa shape index (κ3) is 24.6. The number of halogens is 1. The van der Waals surface area contributed by atoms with Crippen molar-refractivity contribution in [2.24, 2.45) is 0 Å². The minimum absolute atomic E-state index is 0. The first-order valence-corrected chi connectivity index (χ1v) is 2.60. The van der Waals surface area contributed by atoms with Gasteiger partial charge >= 0.3 is 154 Å². The molecule has 0 rings (SSSR count). The van der Waals surface area contributed by atoms with Crippen LogP contribution in [0.2, 0.25) is 0 Å². The van der Waals surface area contributed by atoms with Crippen LogP contribution in [0.15, 0.2) is 0 Å². The van der Waals surface area contributed by atoms with Crippen molar-refractivity contribution in [1.29, 1.82) is 0 Å². The number of rotatable bonds is 1. The van der Waals surface area contributed by atoms with Crippen molar-refractivity contribution in [2.75, 3.05) is 0 Å². The van der Waals surface area contributed by atoms with Gasteiger partial charge in [0.1, 0.15) is 0 Å². The second kappa shape index (κ2) is 12.9. The molecule has 0 heterocycles. The third-order valence-corrected chi connectivity index (χ3v) is 0.283. The zero-order valence-electron chi connectivity index (χ0n) is 5.51. The molecule has 9 heteroatoms. The summed E-state index contributed by atoms with van der Waals surface area (Å²) in [7, 11) is -5.55. The summed E-state index contributed by atoms with van der Waals surface area (Å²) in [5.74, 6) is 0. The Bertz CT molecular complexity index is 45.6. The molecule has 0 unspecified atom stereocenters. The van der Waals surface area contributed by atoms with E-state index in [1.807, 2.05) is 4.63 Å². The predicted octanol–water partition coefficient (Wildman–Crippen LogP) is -12.6. The molecule has 0 spiro atoms. The Balaban J connectivity index is -0.0000000417. The van der Waals surface area contributed by atoms with Gasteiger partial charge < -0.3 is 19.0 Å². The average Bonchev–Trinajstić information content (AvgIpc) is 1.35. The van der Waals surface area contributed by atoms with Crippen LogP contribution in [0.3, 0.4) is 0 Å². The third-order valence-electron chi connectivity index (χ3n) is 0.0945. The van der Waals surface area contributed by atoms with Gasteiger partial charge in [-0.25, -0.2) is 0 Å². The van der Waals surface area contributed by atoms with Gasteiger partial charge in [-0.15, -0.1) is 0 Å². The first-order chi connectivity index (χ1) is 2.56. The van der Waals surface area contributed by atoms with Crippen LogP contribution in [0.5, 0.6) is 0 Å². The van der Waals surface area contributed by atoms with Crippen LogP contribution in [-0.4, -0.2) is 9.05 Å². The maximum Gasteiger partial charge on any atom is 1.00 e. The zero-order valence-corrected chi connectivity index (χ0v) is 15.9. The Kier molecular flexibility index (Phi) is 33.8. The average molecular weight is 228 g/mol. The van der Waals surface area contributed by atoms with Crippen molar-refractivity contribution in [3.8, 4) is 0 Å². The smallest absolute Gasteiger partial charge is 0.858 e. The van der Waals surface area contributed by atoms with Gasteiger partial charge in [0, 0.05) is 0 Å². The van der Waals surface area contributed by atoms with E-state index in [0.29, 0.717) is 0 Å². The summed E-state index contributed by atoms with van der Waals surface area (Å²) in [5, 5.41) is 0. The van der Waals surface area contributed by atoms with E-state index in [2.05, 4.69) is 0 Å². The molecular weight excluding hydrogens is 228 g/mol. The van der Waals surface area contributed by atoms with Gasteiger partial charge in [0.2, 0.25) is 0 Å². The van der Waals surface area contributed by atoms with Crippen molar-refractivity contribution >= 4 is 9.05 Å². The minimum atomic E-state index is -5.55. The molecule has 4 nitrogen and oxygen atoms in total. The van der Waals surface area contributed by atoms with Crippen LogP contribution in [0.4, 0.5) is 4.53 Å². The fourth-order valence-electron chi connectivity index (χ4n) is 0. The monoisotopic (exact) mass is 228 g/mol. The van der Waals surface area contributed by atoms with Crippen LogP contribution in [0, 0.1) is 0 Å². The molecule has 0 aromatic heterocycles. The second-order valence-corrected chi connectivity index (χ2v) is 1.73. The normalized spacial score (nSPS) is 8.00. The van der Waals surface area contributed by atoms with Crippen LogP contribution < -0.4 is 169 Å². The molecule has 0 bridgehead atoms. The molecule has 0 aromatic carbocycles. The van der Waals surface area contributed by atoms with Crippen molar-refractivity contribution in [2.45, 2.75) is 0 Å². The van der Waals surface area contributed by atoms with E-state index in [0.717, 1.165) is 0 Å². The molecule has 0 amide bonds. The molecular formula is FK3O4Si. The first-order valence-electron chi connectivity index (χ1n) is 0.971. The van der Waals surface area contributed by atoms with Gasteiger partial charge in [-0.1, -0.05) is 13.6 Å². The van der Waals surface area contributed by atoms with E-state index < -0.39 is 9.05 Å². The largest absolute Gasteiger partial charge is 1.00 e. The SMILES string of the molecule is [K+].[K+].[K+].[O-][Si]([O-])([O-])OF. The summed E-state index contributed by atoms with van der Waals surface area (Å²) >= 11 is 0. The topological polar surface area (TPSA) is 78.4 Å². The van der Waals surface area contributed by atoms with Crippen molar-refractivity contribution in [3.05, 3.63) is 0 Å². The summed E-state index contributed by atoms with van der Waals surface area (Å²) in [4.78, 5) is 26.7. The van der Waals surface area contributed by atoms with Crippen molar-refractivity contribution in [1.82, 2.24) is 0 Å². The molecule has 0 aliphatic carbocycles. The summed E-state index contributed by atoms with van der Waals surface area (Å²) in [6, 6.07) is 0. The van der Waals surface area contributed by atoms with E-state index in [4.69, 9.17) is 14.4 Å². The maximum absolute atomic E-state index is 10.1. The van der Waals surface area contributed by atoms with Crippen LogP contribution in [0.25, 0.3) is 0 Å². The minimum Gasteiger partial charge on any atom is -0.858 e. The Morgan fingerprint density at radius 1 is 1.00 bits per heavy atom. The van der Waals surface area contributed by atoms with Gasteiger partial charge in [-0.2, -0.15) is 0 Å². The van der Waals surface area contributed by atoms with Crippen LogP contribution in [-0.2, 0) is 4.63 Å². The summed E-state index contributed by atoms with van der Waals surface area (Å²) < 4.78 is 12.0. The Morgan fingerprint density at radius 3 is 1.11 bits per heavy atom. The molecule has 0 aliphatic rings. The molecule has 0 aliphatic heterocycles. The molecule has 0 radical (unpaired) electrons. The molecule has 0 N–H and O–H groups in total. The maximum atomic E-state index is 10.1. The Hall–Kier alpha value is 4.90. The van der Waals surface area contributed by atoms with Crippen molar-refractivity contribution in [3.63, 3.8) is 0 Å². The van der Waals surface area contributed by atoms with E-state index in [1.54, 1.807) is 0 Å². The summed E-state index contributed by atoms with van der Waals surface area (Å²) in [6.45, 7) is 0. The fraction of sp³-hybridized carbons (Fsp3) is 0. The molecule has 38 valence electrons. The molecule has 0 saturated heterocycles. The Morgan fingerprint density at radius 2 is 1.11 bits per heavy atom. The molecule has 0 fully saturated rings. The van der Waals surface area contributed by atoms with E-state index >= 15 is 0 Å². The summed E-state index contributed by atoms with van der Waals surface area (Å²) in [5.41, 5.74) is 0. The van der Waals surface area contributed by atoms with Gasteiger partial charge in [0.15, 0.2) is 0 Å². The predicted molar refractivity (Wildman–Crippen MR) is 7.95 cm³/mol. The van der Waals surface area contributed by atoms with Gasteiger partial charge in [0.25, 0.3) is 0 Å². The molecule has 0 saturated carbocycles. The van der Waals surface area contributed by atoms with Gasteiger partial charge in [0.05, 0.1) is 0 Å². The molecule has 0 atom stereocenters. The van der Waals surface area contributed by atoms with Crippen molar-refractivity contribution < 1.29 is 178 Å². The van der Waals surface area contributed by atoms with E-state index in [9.17, 15) is 4.53 Å². The Labute approximate surface area is 181 Å². The molecule has 9 heavy (non-hydrogen) atoms. The van der Waals surface area contributed by atoms with E-state index in [-0.39, 0.29) is 154 Å². The zero-order chi connectivity index (χ0) is 5.21.